The molecule has 38 heteroatoms. The molecule has 3 heterocycles. The lowest BCUT2D eigenvalue weighted by Gasteiger charge is -2.14. The molecule has 8 rings (SSSR count). The summed E-state index contributed by atoms with van der Waals surface area (Å²) in [6.45, 7) is 2.31. The van der Waals surface area contributed by atoms with Crippen LogP contribution in [0.4, 0.5) is 39.3 Å². The van der Waals surface area contributed by atoms with Crippen LogP contribution in [-0.4, -0.2) is 128 Å². The van der Waals surface area contributed by atoms with Crippen molar-refractivity contribution in [1.29, 1.82) is 5.26 Å². The molecule has 0 atom stereocenters. The SMILES string of the molecule is COc1cc(N=Nc2cc(OCCCS(=O)(=O)O)c(N=Nc3c(C)c(C#N)c4nc5ccccc5n4c3O)cc2NC(C)=O)c(SCCCS(=O)(=O)O)cc1N=Nc1nc2c(S(=O)(=O)O)cc3c(OC)c(S(=O)(=O)O)c(S(=O)(=O)O)cc3c2s1. The molecule has 7 N–H and O–H groups in total. The lowest BCUT2D eigenvalue weighted by Crippen LogP contribution is -2.11. The zero-order valence-electron chi connectivity index (χ0n) is 43.2. The van der Waals surface area contributed by atoms with E-state index in [-0.39, 0.29) is 103 Å². The molecule has 0 fully saturated rings. The second-order valence-electron chi connectivity index (χ2n) is 17.4. The molecule has 8 aromatic rings. The molecule has 0 aliphatic carbocycles. The molecule has 0 aliphatic rings. The summed E-state index contributed by atoms with van der Waals surface area (Å²) in [5.74, 6) is -3.64. The van der Waals surface area contributed by atoms with E-state index in [1.807, 2.05) is 0 Å². The van der Waals surface area contributed by atoms with Gasteiger partial charge in [0, 0.05) is 40.3 Å². The summed E-state index contributed by atoms with van der Waals surface area (Å²) >= 11 is 1.50. The van der Waals surface area contributed by atoms with Gasteiger partial charge < -0.3 is 24.6 Å². The van der Waals surface area contributed by atoms with Crippen LogP contribution in [0.3, 0.4) is 0 Å². The smallest absolute Gasteiger partial charge is 0.299 e. The summed E-state index contributed by atoms with van der Waals surface area (Å²) < 4.78 is 189. The summed E-state index contributed by atoms with van der Waals surface area (Å²) in [6.07, 6.45) is -0.358. The number of hydrogen-bond acceptors (Lipinski definition) is 26. The monoisotopic (exact) mass is 1290 g/mol. The largest absolute Gasteiger partial charge is 0.495 e. The molecule has 1 amide bonds. The highest BCUT2D eigenvalue weighted by atomic mass is 32.2. The van der Waals surface area contributed by atoms with E-state index in [1.165, 1.54) is 49.6 Å². The highest BCUT2D eigenvalue weighted by Crippen LogP contribution is 2.48. The maximum Gasteiger partial charge on any atom is 0.299 e. The molecule has 0 spiro atoms. The number of azo groups is 3. The molecule has 3 aromatic heterocycles. The van der Waals surface area contributed by atoms with Gasteiger partial charge in [0.25, 0.3) is 50.6 Å². The summed E-state index contributed by atoms with van der Waals surface area (Å²) in [7, 11) is -23.0. The number of carbonyl (C=O) groups excluding carboxylic acids is 1. The molecule has 0 aliphatic heterocycles. The van der Waals surface area contributed by atoms with Gasteiger partial charge in [0.15, 0.2) is 16.2 Å². The lowest BCUT2D eigenvalue weighted by atomic mass is 10.1. The molecule has 84 heavy (non-hydrogen) atoms. The van der Waals surface area contributed by atoms with Crippen molar-refractivity contribution in [2.24, 2.45) is 30.7 Å². The van der Waals surface area contributed by atoms with Gasteiger partial charge >= 0.3 is 0 Å². The molecule has 0 bridgehead atoms. The van der Waals surface area contributed by atoms with Gasteiger partial charge in [0.1, 0.15) is 66.9 Å². The van der Waals surface area contributed by atoms with Crippen molar-refractivity contribution in [3.05, 3.63) is 71.8 Å². The van der Waals surface area contributed by atoms with E-state index < -0.39 is 110 Å². The number of anilines is 1. The third kappa shape index (κ3) is 13.7. The van der Waals surface area contributed by atoms with Crippen LogP contribution in [-0.2, 0) is 55.4 Å². The second kappa shape index (κ2) is 24.0. The first kappa shape index (κ1) is 62.1. The number of ether oxygens (including phenoxy) is 3. The minimum Gasteiger partial charge on any atom is -0.495 e. The van der Waals surface area contributed by atoms with Crippen LogP contribution in [0, 0.1) is 18.3 Å². The average Bonchev–Trinajstić information content (AvgIpc) is 1.39. The van der Waals surface area contributed by atoms with Gasteiger partial charge in [-0.2, -0.15) is 47.4 Å². The number of nitrogens with one attached hydrogen (secondary N) is 1. The fraction of sp³-hybridized carbons (Fsp3) is 0.217. The number of nitriles is 1. The Labute approximate surface area is 483 Å². The van der Waals surface area contributed by atoms with Gasteiger partial charge in [0.2, 0.25) is 16.9 Å². The van der Waals surface area contributed by atoms with Crippen molar-refractivity contribution < 1.29 is 89.0 Å². The Morgan fingerprint density at radius 2 is 1.36 bits per heavy atom. The first-order valence-electron chi connectivity index (χ1n) is 23.3. The van der Waals surface area contributed by atoms with E-state index in [4.69, 9.17) is 14.2 Å². The Kier molecular flexibility index (Phi) is 17.7. The number of aromatic nitrogens is 3. The van der Waals surface area contributed by atoms with Crippen molar-refractivity contribution in [3.8, 4) is 29.2 Å². The van der Waals surface area contributed by atoms with E-state index >= 15 is 0 Å². The van der Waals surface area contributed by atoms with E-state index in [1.54, 1.807) is 24.3 Å². The van der Waals surface area contributed by atoms with E-state index in [0.717, 1.165) is 18.9 Å². The number of pyridine rings is 1. The quantitative estimate of drug-likeness (QED) is 0.0144. The fourth-order valence-electron chi connectivity index (χ4n) is 8.17. The number of amides is 1. The van der Waals surface area contributed by atoms with Gasteiger partial charge in [0.05, 0.1) is 53.8 Å². The minimum atomic E-state index is -5.52. The van der Waals surface area contributed by atoms with Crippen LogP contribution in [0.1, 0.15) is 30.9 Å². The van der Waals surface area contributed by atoms with Crippen LogP contribution >= 0.6 is 23.1 Å². The van der Waals surface area contributed by atoms with E-state index in [2.05, 4.69) is 52.0 Å². The fourth-order valence-corrected chi connectivity index (χ4v) is 13.9. The van der Waals surface area contributed by atoms with Gasteiger partial charge in [-0.1, -0.05) is 23.5 Å². The van der Waals surface area contributed by atoms with E-state index in [9.17, 15) is 80.0 Å². The van der Waals surface area contributed by atoms with Gasteiger partial charge in [-0.25, -0.2) is 9.97 Å². The molecule has 5 aromatic carbocycles. The average molecular weight is 1290 g/mol. The minimum absolute atomic E-state index is 0.00380. The molecular formula is C46H41N11O20S7. The number of aromatic hydroxyl groups is 1. The second-order valence-corrected chi connectivity index (χ2v) is 26.8. The molecule has 0 unspecified atom stereocenters. The number of carbonyl (C=O) groups is 1. The highest BCUT2D eigenvalue weighted by molar-refractivity contribution is 7.99. The normalized spacial score (nSPS) is 12.9. The molecular weight excluding hydrogens is 1250 g/mol. The third-order valence-electron chi connectivity index (χ3n) is 11.7. The predicted octanol–water partition coefficient (Wildman–Crippen LogP) is 9.12. The Bertz CT molecular complexity index is 4800. The molecule has 0 radical (unpaired) electrons. The molecule has 31 nitrogen and oxygen atoms in total. The number of nitrogens with zero attached hydrogens (tertiary/aromatic N) is 10. The van der Waals surface area contributed by atoms with Crippen LogP contribution in [0.25, 0.3) is 37.7 Å². The highest BCUT2D eigenvalue weighted by Gasteiger charge is 2.33. The topological polar surface area (TPSA) is 477 Å². The summed E-state index contributed by atoms with van der Waals surface area (Å²) in [4.78, 5) is 17.8. The zero-order chi connectivity index (χ0) is 61.4. The lowest BCUT2D eigenvalue weighted by molar-refractivity contribution is -0.114. The van der Waals surface area contributed by atoms with Crippen LogP contribution < -0.4 is 19.5 Å². The van der Waals surface area contributed by atoms with Crippen LogP contribution in [0.5, 0.6) is 23.1 Å². The summed E-state index contributed by atoms with van der Waals surface area (Å²) in [5.41, 5.74) is 0.0694. The van der Waals surface area contributed by atoms with Crippen molar-refractivity contribution in [2.45, 2.75) is 46.3 Å². The Morgan fingerprint density at radius 1 is 0.738 bits per heavy atom. The van der Waals surface area contributed by atoms with Crippen molar-refractivity contribution >= 4 is 157 Å². The molecule has 0 saturated heterocycles. The summed E-state index contributed by atoms with van der Waals surface area (Å²) in [5, 5.41) is 48.9. The first-order valence-corrected chi connectivity index (χ1v) is 32.7. The number of para-hydroxylation sites is 2. The Morgan fingerprint density at radius 3 is 1.99 bits per heavy atom. The number of fused-ring (bicyclic) bond motifs is 6. The number of methoxy groups -OCH3 is 2. The van der Waals surface area contributed by atoms with Gasteiger partial charge in [-0.05, 0) is 61.9 Å². The number of thioether (sulfide) groups is 1. The van der Waals surface area contributed by atoms with Crippen molar-refractivity contribution in [1.82, 2.24) is 14.4 Å². The number of hydrogen-bond donors (Lipinski definition) is 7. The third-order valence-corrected chi connectivity index (χ3v) is 18.2. The maximum atomic E-state index is 12.8. The maximum absolute atomic E-state index is 12.8. The Balaban J connectivity index is 1.25. The van der Waals surface area contributed by atoms with E-state index in [0.29, 0.717) is 34.5 Å². The number of thiazole rings is 1. The predicted molar refractivity (Wildman–Crippen MR) is 301 cm³/mol. The standard InChI is InChI=1S/C46H41N11O20S7/c1-22-26(21-47)44-49-27-9-5-6-10-33(27)57(44)45(59)39(22)55-52-30-17-28(48-23(2)58)29(18-35(30)77-11-7-13-80(60,61)62)51-54-32-19-34(75-3)31(20-36(32)78-12-8-14-81(63,64)65)53-56-46-50-40-37(82(66,67)68)15-24-25(42(40)79-46)16-38(83(69,70)71)43(41(24)76-4)84(72,73)74/h5-6,9-10,15-20,59H,7-8,11-14H2,1-4H3,(H,48,58)(H,60,61,62)(H,63,64,65)(H,66,67,68)(H,69,70,71)(H,72,73,74). The molecule has 0 saturated carbocycles. The number of benzene rings is 5. The summed E-state index contributed by atoms with van der Waals surface area (Å²) in [6, 6.07) is 15.2. The van der Waals surface area contributed by atoms with Gasteiger partial charge in [-0.15, -0.1) is 42.4 Å². The first-order chi connectivity index (χ1) is 39.3. The van der Waals surface area contributed by atoms with Crippen LogP contribution in [0.2, 0.25) is 0 Å². The number of rotatable bonds is 22. The Hall–Kier alpha value is -7.94. The van der Waals surface area contributed by atoms with Crippen molar-refractivity contribution in [3.63, 3.8) is 0 Å². The van der Waals surface area contributed by atoms with Crippen molar-refractivity contribution in [2.75, 3.05) is 43.4 Å². The van der Waals surface area contributed by atoms with Crippen LogP contribution in [0.15, 0.2) is 111 Å². The number of imidazole rings is 1. The zero-order valence-corrected chi connectivity index (χ0v) is 49.0. The molecule has 442 valence electrons. The van der Waals surface area contributed by atoms with Gasteiger partial charge in [-0.3, -0.25) is 32.0 Å².